The zero-order valence-corrected chi connectivity index (χ0v) is 9.33. The molecule has 0 radical (unpaired) electrons. The Kier molecular flexibility index (Phi) is 4.00. The zero-order chi connectivity index (χ0) is 13.9. The molecule has 0 aliphatic carbocycles. The van der Waals surface area contributed by atoms with Crippen LogP contribution >= 0.6 is 0 Å². The van der Waals surface area contributed by atoms with Gasteiger partial charge in [-0.05, 0) is 19.1 Å². The largest absolute Gasteiger partial charge is 0.478 e. The molecular formula is C12H9F2NO3. The third kappa shape index (κ3) is 2.83. The number of carboxylic acids is 1. The topological polar surface area (TPSA) is 66.4 Å². The fourth-order valence-electron chi connectivity index (χ4n) is 1.23. The van der Waals surface area contributed by atoms with E-state index < -0.39 is 40.7 Å². The molecule has 0 aliphatic rings. The van der Waals surface area contributed by atoms with Crippen molar-refractivity contribution >= 4 is 11.9 Å². The van der Waals surface area contributed by atoms with E-state index in [0.717, 1.165) is 0 Å². The molecule has 0 aromatic heterocycles. The first-order valence-corrected chi connectivity index (χ1v) is 4.86. The van der Waals surface area contributed by atoms with Crippen molar-refractivity contribution in [2.45, 2.75) is 13.0 Å². The van der Waals surface area contributed by atoms with Crippen LogP contribution in [-0.4, -0.2) is 23.0 Å². The molecule has 4 nitrogen and oxygen atoms in total. The molecule has 1 rings (SSSR count). The summed E-state index contributed by atoms with van der Waals surface area (Å²) in [5.41, 5.74) is -1.11. The van der Waals surface area contributed by atoms with Gasteiger partial charge >= 0.3 is 5.97 Å². The molecule has 94 valence electrons. The number of hydrogen-bond donors (Lipinski definition) is 2. The molecule has 1 unspecified atom stereocenters. The van der Waals surface area contributed by atoms with Crippen molar-refractivity contribution in [2.24, 2.45) is 0 Å². The van der Waals surface area contributed by atoms with Gasteiger partial charge in [0.1, 0.15) is 0 Å². The smallest absolute Gasteiger partial charge is 0.336 e. The highest BCUT2D eigenvalue weighted by atomic mass is 19.2. The lowest BCUT2D eigenvalue weighted by Crippen LogP contribution is -2.32. The maximum atomic E-state index is 13.0. The predicted molar refractivity (Wildman–Crippen MR) is 59.1 cm³/mol. The second-order valence-corrected chi connectivity index (χ2v) is 3.48. The lowest BCUT2D eigenvalue weighted by atomic mass is 10.1. The second kappa shape index (κ2) is 5.27. The van der Waals surface area contributed by atoms with Crippen molar-refractivity contribution in [3.05, 3.63) is 34.9 Å². The second-order valence-electron chi connectivity index (χ2n) is 3.48. The molecule has 0 bridgehead atoms. The minimum Gasteiger partial charge on any atom is -0.478 e. The number of halogens is 2. The number of rotatable bonds is 3. The highest BCUT2D eigenvalue weighted by molar-refractivity contribution is 6.05. The summed E-state index contributed by atoms with van der Waals surface area (Å²) < 4.78 is 25.9. The summed E-state index contributed by atoms with van der Waals surface area (Å²) in [5.74, 6) is -2.87. The van der Waals surface area contributed by atoms with Crippen LogP contribution in [0.1, 0.15) is 27.6 Å². The third-order valence-electron chi connectivity index (χ3n) is 2.13. The van der Waals surface area contributed by atoms with Crippen LogP contribution in [0, 0.1) is 24.0 Å². The van der Waals surface area contributed by atoms with E-state index in [1.54, 1.807) is 0 Å². The first-order valence-electron chi connectivity index (χ1n) is 4.86. The summed E-state index contributed by atoms with van der Waals surface area (Å²) in [6.07, 6.45) is 5.04. The van der Waals surface area contributed by atoms with Crippen LogP contribution in [0.3, 0.4) is 0 Å². The number of benzene rings is 1. The van der Waals surface area contributed by atoms with Crippen molar-refractivity contribution in [3.63, 3.8) is 0 Å². The first kappa shape index (κ1) is 13.6. The quantitative estimate of drug-likeness (QED) is 0.800. The minimum absolute atomic E-state index is 0.452. The average molecular weight is 253 g/mol. The molecule has 0 fully saturated rings. The van der Waals surface area contributed by atoms with E-state index in [9.17, 15) is 18.4 Å². The molecule has 1 aromatic rings. The van der Waals surface area contributed by atoms with E-state index >= 15 is 0 Å². The van der Waals surface area contributed by atoms with Crippen LogP contribution in [-0.2, 0) is 0 Å². The molecular weight excluding hydrogens is 244 g/mol. The Morgan fingerprint density at radius 1 is 1.33 bits per heavy atom. The number of carbonyl (C=O) groups is 2. The molecule has 0 heterocycles. The van der Waals surface area contributed by atoms with Crippen LogP contribution in [0.4, 0.5) is 8.78 Å². The molecule has 1 atom stereocenters. The van der Waals surface area contributed by atoms with Crippen molar-refractivity contribution in [2.75, 3.05) is 0 Å². The molecule has 0 saturated carbocycles. The summed E-state index contributed by atoms with van der Waals surface area (Å²) in [5, 5.41) is 11.1. The number of amides is 1. The molecule has 0 saturated heterocycles. The van der Waals surface area contributed by atoms with Gasteiger partial charge in [-0.3, -0.25) is 4.79 Å². The van der Waals surface area contributed by atoms with Gasteiger partial charge in [0.15, 0.2) is 11.6 Å². The highest BCUT2D eigenvalue weighted by Crippen LogP contribution is 2.15. The van der Waals surface area contributed by atoms with Gasteiger partial charge in [-0.25, -0.2) is 13.6 Å². The number of carboxylic acid groups (broad SMARTS) is 1. The van der Waals surface area contributed by atoms with Gasteiger partial charge in [-0.2, -0.15) is 0 Å². The number of hydrogen-bond acceptors (Lipinski definition) is 2. The van der Waals surface area contributed by atoms with Gasteiger partial charge in [-0.1, -0.05) is 5.92 Å². The van der Waals surface area contributed by atoms with Crippen molar-refractivity contribution in [3.8, 4) is 12.3 Å². The van der Waals surface area contributed by atoms with E-state index in [4.69, 9.17) is 11.5 Å². The molecule has 2 N–H and O–H groups in total. The van der Waals surface area contributed by atoms with Crippen LogP contribution in [0.15, 0.2) is 12.1 Å². The maximum absolute atomic E-state index is 13.0. The zero-order valence-electron chi connectivity index (χ0n) is 9.33. The number of terminal acetylenes is 1. The van der Waals surface area contributed by atoms with Crippen LogP contribution in [0.25, 0.3) is 0 Å². The van der Waals surface area contributed by atoms with Gasteiger partial charge in [0.25, 0.3) is 5.91 Å². The molecule has 18 heavy (non-hydrogen) atoms. The SMILES string of the molecule is C#CC(C)NC(=O)c1cc(F)c(F)cc1C(=O)O. The standard InChI is InChI=1S/C12H9F2NO3/c1-3-6(2)15-11(16)7-4-9(13)10(14)5-8(7)12(17)18/h1,4-6H,2H3,(H,15,16)(H,17,18). The average Bonchev–Trinajstić information content (AvgIpc) is 2.31. The molecule has 0 aliphatic heterocycles. The van der Waals surface area contributed by atoms with E-state index in [1.165, 1.54) is 6.92 Å². The van der Waals surface area contributed by atoms with E-state index in [0.29, 0.717) is 12.1 Å². The molecule has 0 spiro atoms. The Morgan fingerprint density at radius 3 is 2.28 bits per heavy atom. The Hall–Kier alpha value is -2.42. The van der Waals surface area contributed by atoms with Crippen molar-refractivity contribution in [1.82, 2.24) is 5.32 Å². The monoisotopic (exact) mass is 253 g/mol. The third-order valence-corrected chi connectivity index (χ3v) is 2.13. The van der Waals surface area contributed by atoms with Crippen LogP contribution in [0.2, 0.25) is 0 Å². The van der Waals surface area contributed by atoms with E-state index in [-0.39, 0.29) is 0 Å². The number of aromatic carboxylic acids is 1. The van der Waals surface area contributed by atoms with Gasteiger partial charge in [0.2, 0.25) is 0 Å². The van der Waals surface area contributed by atoms with Crippen molar-refractivity contribution in [1.29, 1.82) is 0 Å². The summed E-state index contributed by atoms with van der Waals surface area (Å²) >= 11 is 0. The van der Waals surface area contributed by atoms with Crippen molar-refractivity contribution < 1.29 is 23.5 Å². The minimum atomic E-state index is -1.53. The van der Waals surface area contributed by atoms with Gasteiger partial charge < -0.3 is 10.4 Å². The van der Waals surface area contributed by atoms with Crippen LogP contribution < -0.4 is 5.32 Å². The Balaban J connectivity index is 3.23. The molecule has 1 aromatic carbocycles. The highest BCUT2D eigenvalue weighted by Gasteiger charge is 2.21. The summed E-state index contributed by atoms with van der Waals surface area (Å²) in [6, 6.07) is 0.317. The van der Waals surface area contributed by atoms with Crippen LogP contribution in [0.5, 0.6) is 0 Å². The Morgan fingerprint density at radius 2 is 1.83 bits per heavy atom. The van der Waals surface area contributed by atoms with E-state index in [2.05, 4.69) is 11.2 Å². The lowest BCUT2D eigenvalue weighted by molar-refractivity contribution is 0.0690. The number of carbonyl (C=O) groups excluding carboxylic acids is 1. The maximum Gasteiger partial charge on any atom is 0.336 e. The van der Waals surface area contributed by atoms with Gasteiger partial charge in [0, 0.05) is 0 Å². The van der Waals surface area contributed by atoms with Gasteiger partial charge in [-0.15, -0.1) is 6.42 Å². The lowest BCUT2D eigenvalue weighted by Gasteiger charge is -2.10. The summed E-state index contributed by atoms with van der Waals surface area (Å²) in [6.45, 7) is 1.48. The normalized spacial score (nSPS) is 11.4. The van der Waals surface area contributed by atoms with E-state index in [1.807, 2.05) is 0 Å². The Bertz CT molecular complexity index is 549. The molecule has 1 amide bonds. The molecule has 6 heteroatoms. The first-order chi connectivity index (χ1) is 8.36. The number of nitrogens with one attached hydrogen (secondary N) is 1. The Labute approximate surface area is 102 Å². The summed E-state index contributed by atoms with van der Waals surface area (Å²) in [4.78, 5) is 22.5. The summed E-state index contributed by atoms with van der Waals surface area (Å²) in [7, 11) is 0. The van der Waals surface area contributed by atoms with Gasteiger partial charge in [0.05, 0.1) is 17.2 Å². The fraction of sp³-hybridized carbons (Fsp3) is 0.167. The fourth-order valence-corrected chi connectivity index (χ4v) is 1.23. The predicted octanol–water partition coefficient (Wildman–Crippen LogP) is 1.41.